The summed E-state index contributed by atoms with van der Waals surface area (Å²) in [6, 6.07) is 6.07. The first-order valence-corrected chi connectivity index (χ1v) is 8.10. The third-order valence-corrected chi connectivity index (χ3v) is 6.16. The molecule has 0 amide bonds. The second kappa shape index (κ2) is 4.53. The highest BCUT2D eigenvalue weighted by molar-refractivity contribution is 9.10. The highest BCUT2D eigenvalue weighted by Crippen LogP contribution is 2.65. The first-order valence-electron chi connectivity index (χ1n) is 7.31. The molecule has 1 N–H and O–H groups in total. The van der Waals surface area contributed by atoms with Crippen molar-refractivity contribution in [1.82, 2.24) is 5.32 Å². The molecule has 2 bridgehead atoms. The largest absolute Gasteiger partial charge is 0.309 e. The van der Waals surface area contributed by atoms with Gasteiger partial charge in [0.05, 0.1) is 9.40 Å². The lowest BCUT2D eigenvalue weighted by molar-refractivity contribution is -0.385. The minimum absolute atomic E-state index is 0.153. The molecule has 0 radical (unpaired) electrons. The molecule has 1 aromatic rings. The number of hydrogen-bond acceptors (Lipinski definition) is 3. The molecule has 1 aromatic carbocycles. The summed E-state index contributed by atoms with van der Waals surface area (Å²) in [5, 5.41) is 14.6. The van der Waals surface area contributed by atoms with E-state index < -0.39 is 0 Å². The average Bonchev–Trinajstić information content (AvgIpc) is 2.81. The monoisotopic (exact) mass is 336 g/mol. The van der Waals surface area contributed by atoms with Crippen LogP contribution in [0, 0.1) is 33.8 Å². The molecule has 4 nitrogen and oxygen atoms in total. The van der Waals surface area contributed by atoms with Gasteiger partial charge in [-0.2, -0.15) is 0 Å². The Labute approximate surface area is 126 Å². The lowest BCUT2D eigenvalue weighted by Crippen LogP contribution is -2.22. The maximum absolute atomic E-state index is 10.9. The number of rotatable bonds is 4. The van der Waals surface area contributed by atoms with Crippen molar-refractivity contribution in [1.29, 1.82) is 0 Å². The van der Waals surface area contributed by atoms with Crippen molar-refractivity contribution < 1.29 is 4.92 Å². The average molecular weight is 337 g/mol. The molecule has 20 heavy (non-hydrogen) atoms. The van der Waals surface area contributed by atoms with Crippen molar-refractivity contribution in [3.05, 3.63) is 38.3 Å². The SMILES string of the molecule is O=[N+]([O-])c1cc(CNC2C3C4CCC(C4)C23)ccc1Br. The second-order valence-corrected chi connectivity index (χ2v) is 7.29. The molecule has 3 aliphatic carbocycles. The number of nitrogens with zero attached hydrogens (tertiary/aromatic N) is 1. The summed E-state index contributed by atoms with van der Waals surface area (Å²) in [6.45, 7) is 0.741. The van der Waals surface area contributed by atoms with E-state index in [1.54, 1.807) is 12.1 Å². The summed E-state index contributed by atoms with van der Waals surface area (Å²) in [4.78, 5) is 10.6. The predicted octanol–water partition coefficient (Wildman–Crippen LogP) is 3.49. The van der Waals surface area contributed by atoms with Crippen LogP contribution in [0.4, 0.5) is 5.69 Å². The molecule has 4 rings (SSSR count). The van der Waals surface area contributed by atoms with Crippen LogP contribution in [0.15, 0.2) is 22.7 Å². The van der Waals surface area contributed by atoms with Crippen LogP contribution < -0.4 is 5.32 Å². The van der Waals surface area contributed by atoms with Crippen molar-refractivity contribution in [3.63, 3.8) is 0 Å². The van der Waals surface area contributed by atoms with E-state index in [2.05, 4.69) is 21.2 Å². The Morgan fingerprint density at radius 2 is 2.00 bits per heavy atom. The maximum Gasteiger partial charge on any atom is 0.283 e. The highest BCUT2D eigenvalue weighted by Gasteiger charge is 2.64. The van der Waals surface area contributed by atoms with Gasteiger partial charge in [-0.1, -0.05) is 6.07 Å². The van der Waals surface area contributed by atoms with E-state index in [4.69, 9.17) is 0 Å². The van der Waals surface area contributed by atoms with Crippen molar-refractivity contribution in [2.45, 2.75) is 31.8 Å². The van der Waals surface area contributed by atoms with Gasteiger partial charge in [0, 0.05) is 18.7 Å². The third kappa shape index (κ3) is 1.91. The van der Waals surface area contributed by atoms with Crippen LogP contribution in [0.25, 0.3) is 0 Å². The molecule has 4 atom stereocenters. The van der Waals surface area contributed by atoms with Gasteiger partial charge in [-0.25, -0.2) is 0 Å². The summed E-state index contributed by atoms with van der Waals surface area (Å²) in [7, 11) is 0. The van der Waals surface area contributed by atoms with Crippen molar-refractivity contribution >= 4 is 21.6 Å². The topological polar surface area (TPSA) is 55.2 Å². The van der Waals surface area contributed by atoms with E-state index in [0.29, 0.717) is 10.5 Å². The number of nitrogens with one attached hydrogen (secondary N) is 1. The Balaban J connectivity index is 1.41. The molecule has 106 valence electrons. The number of halogens is 1. The first-order chi connectivity index (χ1) is 9.65. The lowest BCUT2D eigenvalue weighted by Gasteiger charge is -2.10. The Morgan fingerprint density at radius 3 is 2.65 bits per heavy atom. The minimum atomic E-state index is -0.334. The zero-order valence-corrected chi connectivity index (χ0v) is 12.7. The van der Waals surface area contributed by atoms with Gasteiger partial charge in [0.1, 0.15) is 0 Å². The second-order valence-electron chi connectivity index (χ2n) is 6.44. The van der Waals surface area contributed by atoms with Gasteiger partial charge in [0.15, 0.2) is 0 Å². The smallest absolute Gasteiger partial charge is 0.283 e. The summed E-state index contributed by atoms with van der Waals surface area (Å²) in [6.07, 6.45) is 4.30. The maximum atomic E-state index is 10.9. The van der Waals surface area contributed by atoms with E-state index in [1.807, 2.05) is 6.07 Å². The van der Waals surface area contributed by atoms with Crippen LogP contribution >= 0.6 is 15.9 Å². The molecule has 5 heteroatoms. The molecule has 0 aliphatic heterocycles. The lowest BCUT2D eigenvalue weighted by atomic mass is 10.0. The van der Waals surface area contributed by atoms with Crippen molar-refractivity contribution in [2.75, 3.05) is 0 Å². The Bertz CT molecular complexity index is 561. The van der Waals surface area contributed by atoms with Crippen LogP contribution in [-0.4, -0.2) is 11.0 Å². The third-order valence-electron chi connectivity index (χ3n) is 5.48. The van der Waals surface area contributed by atoms with Crippen LogP contribution in [0.2, 0.25) is 0 Å². The standard InChI is InChI=1S/C15H17BrN2O2/c16-11-4-1-8(5-12(11)18(19)20)7-17-15-13-9-2-3-10(6-9)14(13)15/h1,4-5,9-10,13-15,17H,2-3,6-7H2. The first kappa shape index (κ1) is 12.8. The van der Waals surface area contributed by atoms with Gasteiger partial charge in [-0.05, 0) is 70.5 Å². The fourth-order valence-corrected chi connectivity index (χ4v) is 5.03. The summed E-state index contributed by atoms with van der Waals surface area (Å²) in [5.41, 5.74) is 1.15. The molecule has 4 unspecified atom stereocenters. The minimum Gasteiger partial charge on any atom is -0.309 e. The Kier molecular flexibility index (Phi) is 2.89. The Hall–Kier alpha value is -0.940. The van der Waals surface area contributed by atoms with E-state index in [9.17, 15) is 10.1 Å². The van der Waals surface area contributed by atoms with Crippen LogP contribution in [0.5, 0.6) is 0 Å². The van der Waals surface area contributed by atoms with Gasteiger partial charge >= 0.3 is 0 Å². The van der Waals surface area contributed by atoms with Crippen LogP contribution in [0.3, 0.4) is 0 Å². The number of fused-ring (bicyclic) bond motifs is 5. The molecular weight excluding hydrogens is 320 g/mol. The number of nitro benzene ring substituents is 1. The van der Waals surface area contributed by atoms with Gasteiger partial charge in [0.2, 0.25) is 0 Å². The molecule has 0 heterocycles. The Morgan fingerprint density at radius 1 is 1.30 bits per heavy atom. The van der Waals surface area contributed by atoms with E-state index in [-0.39, 0.29) is 10.6 Å². The quantitative estimate of drug-likeness (QED) is 0.676. The summed E-state index contributed by atoms with van der Waals surface area (Å²) in [5.74, 6) is 3.72. The zero-order valence-electron chi connectivity index (χ0n) is 11.1. The highest BCUT2D eigenvalue weighted by atomic mass is 79.9. The van der Waals surface area contributed by atoms with Crippen molar-refractivity contribution in [2.24, 2.45) is 23.7 Å². The normalized spacial score (nSPS) is 37.0. The summed E-state index contributed by atoms with van der Waals surface area (Å²) < 4.78 is 0.549. The number of nitro groups is 1. The molecule has 0 aromatic heterocycles. The molecule has 3 saturated carbocycles. The zero-order chi connectivity index (χ0) is 13.9. The summed E-state index contributed by atoms with van der Waals surface area (Å²) >= 11 is 3.22. The molecule has 3 fully saturated rings. The van der Waals surface area contributed by atoms with Gasteiger partial charge in [-0.3, -0.25) is 10.1 Å². The van der Waals surface area contributed by atoms with E-state index in [1.165, 1.54) is 19.3 Å². The number of benzene rings is 1. The molecule has 3 aliphatic rings. The van der Waals surface area contributed by atoms with Gasteiger partial charge < -0.3 is 5.32 Å². The fraction of sp³-hybridized carbons (Fsp3) is 0.600. The van der Waals surface area contributed by atoms with Crippen LogP contribution in [-0.2, 0) is 6.54 Å². The van der Waals surface area contributed by atoms with Gasteiger partial charge in [-0.15, -0.1) is 0 Å². The molecule has 0 saturated heterocycles. The van der Waals surface area contributed by atoms with Crippen LogP contribution in [0.1, 0.15) is 24.8 Å². The van der Waals surface area contributed by atoms with E-state index in [0.717, 1.165) is 35.8 Å². The predicted molar refractivity (Wildman–Crippen MR) is 79.2 cm³/mol. The van der Waals surface area contributed by atoms with Gasteiger partial charge in [0.25, 0.3) is 5.69 Å². The molecule has 0 spiro atoms. The fourth-order valence-electron chi connectivity index (χ4n) is 4.64. The number of hydrogen-bond donors (Lipinski definition) is 1. The molecular formula is C15H17BrN2O2. The van der Waals surface area contributed by atoms with Crippen molar-refractivity contribution in [3.8, 4) is 0 Å². The van der Waals surface area contributed by atoms with E-state index >= 15 is 0 Å².